The van der Waals surface area contributed by atoms with Gasteiger partial charge in [0.1, 0.15) is 5.52 Å². The summed E-state index contributed by atoms with van der Waals surface area (Å²) in [5, 5.41) is 5.06. The first-order valence-corrected chi connectivity index (χ1v) is 20.5. The van der Waals surface area contributed by atoms with Crippen LogP contribution >= 0.6 is 0 Å². The fourth-order valence-electron chi connectivity index (χ4n) is 8.38. The number of pyridine rings is 1. The largest absolute Gasteiger partial charge is 0.418 e. The van der Waals surface area contributed by atoms with Crippen molar-refractivity contribution in [3.63, 3.8) is 0 Å². The van der Waals surface area contributed by atoms with Crippen molar-refractivity contribution in [2.24, 2.45) is 0 Å². The predicted octanol–water partition coefficient (Wildman–Crippen LogP) is 15.5. The Morgan fingerprint density at radius 1 is 0.344 bits per heavy atom. The Morgan fingerprint density at radius 3 is 1.33 bits per heavy atom. The van der Waals surface area contributed by atoms with Crippen LogP contribution in [0.1, 0.15) is 0 Å². The van der Waals surface area contributed by atoms with E-state index < -0.39 is 0 Å². The summed E-state index contributed by atoms with van der Waals surface area (Å²) in [4.78, 5) is 13.5. The average molecular weight is 783 g/mol. The molecule has 5 heteroatoms. The summed E-state index contributed by atoms with van der Waals surface area (Å²) in [5.74, 6) is 0.553. The molecule has 11 rings (SSSR count). The van der Waals surface area contributed by atoms with Crippen molar-refractivity contribution in [2.45, 2.75) is 0 Å². The third kappa shape index (κ3) is 6.84. The molecule has 0 fully saturated rings. The number of hydrogen-bond donors (Lipinski definition) is 0. The molecule has 0 aliphatic rings. The van der Waals surface area contributed by atoms with Gasteiger partial charge in [-0.2, -0.15) is 0 Å². The Morgan fingerprint density at radius 2 is 0.787 bits per heavy atom. The summed E-state index contributed by atoms with van der Waals surface area (Å²) in [5.41, 5.74) is 13.3. The first-order chi connectivity index (χ1) is 30.2. The third-order valence-electron chi connectivity index (χ3n) is 11.4. The zero-order chi connectivity index (χ0) is 40.5. The lowest BCUT2D eigenvalue weighted by molar-refractivity contribution is 0.608. The van der Waals surface area contributed by atoms with Gasteiger partial charge in [-0.05, 0) is 147 Å². The molecule has 0 aliphatic heterocycles. The molecule has 0 amide bonds. The van der Waals surface area contributed by atoms with Gasteiger partial charge in [0.15, 0.2) is 0 Å². The second-order valence-corrected chi connectivity index (χ2v) is 15.1. The Hall–Kier alpha value is -8.28. The molecular formula is C56H38N4O. The van der Waals surface area contributed by atoms with Crippen LogP contribution in [0, 0.1) is 0 Å². The fourth-order valence-corrected chi connectivity index (χ4v) is 8.38. The van der Waals surface area contributed by atoms with Gasteiger partial charge in [-0.25, -0.2) is 9.97 Å². The Kier molecular flexibility index (Phi) is 9.10. The fraction of sp³-hybridized carbons (Fsp3) is 0. The molecule has 61 heavy (non-hydrogen) atoms. The smallest absolute Gasteiger partial charge is 0.247 e. The number of anilines is 6. The zero-order valence-corrected chi connectivity index (χ0v) is 33.1. The highest BCUT2D eigenvalue weighted by atomic mass is 16.4. The lowest BCUT2D eigenvalue weighted by atomic mass is 9.93. The second-order valence-electron chi connectivity index (χ2n) is 15.1. The molecular weight excluding hydrogens is 745 g/mol. The molecule has 5 nitrogen and oxygen atoms in total. The number of aromatic nitrogens is 2. The summed E-state index contributed by atoms with van der Waals surface area (Å²) in [6.45, 7) is 0. The molecule has 0 spiro atoms. The maximum atomic E-state index is 5.95. The van der Waals surface area contributed by atoms with Crippen LogP contribution in [0.3, 0.4) is 0 Å². The van der Waals surface area contributed by atoms with Crippen LogP contribution in [0.4, 0.5) is 34.1 Å². The molecule has 2 aromatic heterocycles. The maximum Gasteiger partial charge on any atom is 0.247 e. The van der Waals surface area contributed by atoms with E-state index in [0.29, 0.717) is 11.6 Å². The Bertz CT molecular complexity index is 3240. The third-order valence-corrected chi connectivity index (χ3v) is 11.4. The number of oxazole rings is 1. The molecule has 0 saturated heterocycles. The van der Waals surface area contributed by atoms with Crippen molar-refractivity contribution in [1.29, 1.82) is 0 Å². The number of fused-ring (bicyclic) bond motifs is 4. The van der Waals surface area contributed by atoms with Crippen molar-refractivity contribution in [1.82, 2.24) is 9.97 Å². The van der Waals surface area contributed by atoms with Gasteiger partial charge in [0, 0.05) is 45.9 Å². The lowest BCUT2D eigenvalue weighted by Gasteiger charge is -2.26. The quantitative estimate of drug-likeness (QED) is 0.136. The molecule has 0 N–H and O–H groups in total. The van der Waals surface area contributed by atoms with Crippen LogP contribution < -0.4 is 9.80 Å². The SMILES string of the molecule is c1ccc(N(c2ccc(-c3ccc(N(c4ccccc4)c4ccc(-c5cc6ccccc6c6ccccc56)cc4)cc3)cc2)c2ccc(-c3nc4cccnc4o3)cc2)cc1. The molecule has 0 aliphatic carbocycles. The summed E-state index contributed by atoms with van der Waals surface area (Å²) in [6.07, 6.45) is 1.72. The summed E-state index contributed by atoms with van der Waals surface area (Å²) in [6, 6.07) is 79.4. The molecule has 0 atom stereocenters. The number of rotatable bonds is 9. The van der Waals surface area contributed by atoms with E-state index in [0.717, 1.165) is 56.3 Å². The monoisotopic (exact) mass is 782 g/mol. The van der Waals surface area contributed by atoms with Crippen molar-refractivity contribution >= 4 is 66.9 Å². The molecule has 0 unspecified atom stereocenters. The highest BCUT2D eigenvalue weighted by molar-refractivity contribution is 6.13. The van der Waals surface area contributed by atoms with Gasteiger partial charge in [-0.15, -0.1) is 0 Å². The van der Waals surface area contributed by atoms with Gasteiger partial charge in [0.05, 0.1) is 0 Å². The Balaban J connectivity index is 0.885. The van der Waals surface area contributed by atoms with Gasteiger partial charge in [-0.3, -0.25) is 0 Å². The van der Waals surface area contributed by atoms with E-state index in [1.807, 2.05) is 30.3 Å². The molecule has 2 heterocycles. The first-order valence-electron chi connectivity index (χ1n) is 20.5. The van der Waals surface area contributed by atoms with E-state index in [1.165, 1.54) is 32.7 Å². The van der Waals surface area contributed by atoms with Crippen LogP contribution in [0.25, 0.3) is 66.5 Å². The van der Waals surface area contributed by atoms with Crippen LogP contribution in [-0.4, -0.2) is 9.97 Å². The minimum absolute atomic E-state index is 0.535. The van der Waals surface area contributed by atoms with E-state index in [4.69, 9.17) is 4.42 Å². The zero-order valence-electron chi connectivity index (χ0n) is 33.1. The average Bonchev–Trinajstić information content (AvgIpc) is 3.78. The summed E-state index contributed by atoms with van der Waals surface area (Å²) >= 11 is 0. The van der Waals surface area contributed by atoms with Gasteiger partial charge >= 0.3 is 0 Å². The normalized spacial score (nSPS) is 11.3. The number of nitrogens with zero attached hydrogens (tertiary/aromatic N) is 4. The summed E-state index contributed by atoms with van der Waals surface area (Å²) in [7, 11) is 0. The van der Waals surface area contributed by atoms with Crippen molar-refractivity contribution < 1.29 is 4.42 Å². The number of para-hydroxylation sites is 2. The van der Waals surface area contributed by atoms with Crippen molar-refractivity contribution in [3.8, 4) is 33.7 Å². The molecule has 0 saturated carbocycles. The predicted molar refractivity (Wildman–Crippen MR) is 252 cm³/mol. The molecule has 11 aromatic rings. The topological polar surface area (TPSA) is 45.4 Å². The van der Waals surface area contributed by atoms with Gasteiger partial charge < -0.3 is 14.2 Å². The molecule has 0 radical (unpaired) electrons. The minimum atomic E-state index is 0.535. The van der Waals surface area contributed by atoms with Gasteiger partial charge in [0.2, 0.25) is 11.6 Å². The molecule has 9 aromatic carbocycles. The van der Waals surface area contributed by atoms with E-state index in [2.05, 4.69) is 214 Å². The van der Waals surface area contributed by atoms with Gasteiger partial charge in [-0.1, -0.05) is 121 Å². The lowest BCUT2D eigenvalue weighted by Crippen LogP contribution is -2.10. The minimum Gasteiger partial charge on any atom is -0.418 e. The standard InChI is InChI=1S/C56H38N4O/c1-3-13-44(14-4-1)59(48-33-25-41(26-34-48)53-38-43-12-7-8-17-50(43)51-18-9-10-19-52(51)53)46-29-21-39(22-30-46)40-23-31-47(32-24-40)60(45-15-5-2-6-16-45)49-35-27-42(28-36-49)55-58-54-20-11-37-57-56(54)61-55/h1-38H. The molecule has 288 valence electrons. The van der Waals surface area contributed by atoms with Crippen LogP contribution in [0.2, 0.25) is 0 Å². The molecule has 0 bridgehead atoms. The Labute approximate surface area is 354 Å². The van der Waals surface area contributed by atoms with E-state index in [9.17, 15) is 0 Å². The number of benzene rings is 9. The van der Waals surface area contributed by atoms with E-state index in [1.54, 1.807) is 6.20 Å². The maximum absolute atomic E-state index is 5.95. The second kappa shape index (κ2) is 15.5. The van der Waals surface area contributed by atoms with Gasteiger partial charge in [0.25, 0.3) is 0 Å². The van der Waals surface area contributed by atoms with Crippen molar-refractivity contribution in [2.75, 3.05) is 9.80 Å². The first kappa shape index (κ1) is 35.8. The highest BCUT2D eigenvalue weighted by Gasteiger charge is 2.17. The van der Waals surface area contributed by atoms with Crippen LogP contribution in [0.5, 0.6) is 0 Å². The van der Waals surface area contributed by atoms with Crippen molar-refractivity contribution in [3.05, 3.63) is 231 Å². The highest BCUT2D eigenvalue weighted by Crippen LogP contribution is 2.40. The van der Waals surface area contributed by atoms with E-state index in [-0.39, 0.29) is 0 Å². The number of hydrogen-bond acceptors (Lipinski definition) is 5. The summed E-state index contributed by atoms with van der Waals surface area (Å²) < 4.78 is 5.95. The van der Waals surface area contributed by atoms with Crippen LogP contribution in [-0.2, 0) is 0 Å². The van der Waals surface area contributed by atoms with Crippen LogP contribution in [0.15, 0.2) is 235 Å². The van der Waals surface area contributed by atoms with E-state index >= 15 is 0 Å².